The zero-order chi connectivity index (χ0) is 19.6. The fraction of sp³-hybridized carbons (Fsp3) is 0.917. The number of rotatable bonds is 12. The van der Waals surface area contributed by atoms with E-state index < -0.39 is 0 Å². The minimum absolute atomic E-state index is 0.383. The van der Waals surface area contributed by atoms with Gasteiger partial charge in [0.1, 0.15) is 0 Å². The third kappa shape index (κ3) is 16.9. The second-order valence-electron chi connectivity index (χ2n) is 11.3. The van der Waals surface area contributed by atoms with Crippen molar-refractivity contribution in [1.29, 1.82) is 0 Å². The number of likely N-dealkylation sites (N-methyl/N-ethyl adjacent to an activating group) is 1. The summed E-state index contributed by atoms with van der Waals surface area (Å²) in [7, 11) is 4.85. The molecule has 0 aliphatic rings. The first-order valence-corrected chi connectivity index (χ1v) is 10.8. The van der Waals surface area contributed by atoms with E-state index in [1.54, 1.807) is 5.57 Å². The third-order valence-corrected chi connectivity index (χ3v) is 4.83. The van der Waals surface area contributed by atoms with Crippen LogP contribution in [0.3, 0.4) is 0 Å². The third-order valence-electron chi connectivity index (χ3n) is 4.83. The van der Waals surface area contributed by atoms with Crippen molar-refractivity contribution in [1.82, 2.24) is 0 Å². The molecule has 1 nitrogen and oxygen atoms in total. The highest BCUT2D eigenvalue weighted by molar-refractivity contribution is 5.05. The number of hydrogen-bond acceptors (Lipinski definition) is 0. The summed E-state index contributed by atoms with van der Waals surface area (Å²) in [6.45, 7) is 19.0. The van der Waals surface area contributed by atoms with E-state index in [-0.39, 0.29) is 0 Å². The Bertz CT molecular complexity index is 363. The van der Waals surface area contributed by atoms with Crippen LogP contribution in [-0.4, -0.2) is 31.7 Å². The largest absolute Gasteiger partial charge is 0.325 e. The molecule has 0 saturated heterocycles. The van der Waals surface area contributed by atoms with E-state index in [1.165, 1.54) is 70.9 Å². The monoisotopic (exact) mass is 352 g/mol. The van der Waals surface area contributed by atoms with Crippen molar-refractivity contribution in [2.75, 3.05) is 27.2 Å². The van der Waals surface area contributed by atoms with E-state index in [9.17, 15) is 0 Å². The van der Waals surface area contributed by atoms with Crippen molar-refractivity contribution in [3.63, 3.8) is 0 Å². The molecule has 0 fully saturated rings. The molecule has 0 aromatic rings. The lowest BCUT2D eigenvalue weighted by Gasteiger charge is -2.33. The van der Waals surface area contributed by atoms with Gasteiger partial charge in [-0.1, -0.05) is 80.2 Å². The number of hydrogen-bond donors (Lipinski definition) is 0. The van der Waals surface area contributed by atoms with Crippen LogP contribution in [0.5, 0.6) is 0 Å². The van der Waals surface area contributed by atoms with Crippen LogP contribution >= 0.6 is 0 Å². The summed E-state index contributed by atoms with van der Waals surface area (Å²) in [6, 6.07) is 0. The Kier molecular flexibility index (Phi) is 11.3. The average molecular weight is 353 g/mol. The number of allylic oxidation sites excluding steroid dienone is 1. The Morgan fingerprint density at radius 1 is 0.800 bits per heavy atom. The van der Waals surface area contributed by atoms with Gasteiger partial charge in [-0.15, -0.1) is 0 Å². The van der Waals surface area contributed by atoms with Gasteiger partial charge in [0.05, 0.1) is 27.2 Å². The molecule has 0 spiro atoms. The first kappa shape index (κ1) is 24.7. The standard InChI is InChI=1S/C24H50N/c1-10-11-12-13-14-15-19-25(8,9)21-22(20-24(5,6)7)17-16-18-23(2,3)4/h17H,10-16,18-21H2,1-9H3/q+1/b22-17+. The molecule has 0 rings (SSSR count). The van der Waals surface area contributed by atoms with Crippen LogP contribution in [-0.2, 0) is 0 Å². The van der Waals surface area contributed by atoms with Gasteiger partial charge in [0.25, 0.3) is 0 Å². The molecular weight excluding hydrogens is 302 g/mol. The van der Waals surface area contributed by atoms with Gasteiger partial charge in [0.2, 0.25) is 0 Å². The molecule has 1 heteroatoms. The van der Waals surface area contributed by atoms with E-state index in [2.05, 4.69) is 68.6 Å². The molecule has 0 bridgehead atoms. The maximum Gasteiger partial charge on any atom is 0.0999 e. The summed E-state index contributed by atoms with van der Waals surface area (Å²) in [6.07, 6.45) is 14.7. The van der Waals surface area contributed by atoms with Gasteiger partial charge in [0, 0.05) is 0 Å². The van der Waals surface area contributed by atoms with E-state index in [1.807, 2.05) is 0 Å². The van der Waals surface area contributed by atoms with Crippen LogP contribution in [0.4, 0.5) is 0 Å². The zero-order valence-electron chi connectivity index (χ0n) is 19.3. The first-order valence-electron chi connectivity index (χ1n) is 10.8. The molecule has 25 heavy (non-hydrogen) atoms. The van der Waals surface area contributed by atoms with Gasteiger partial charge < -0.3 is 4.48 Å². The van der Waals surface area contributed by atoms with Crippen LogP contribution in [0.2, 0.25) is 0 Å². The molecule has 0 amide bonds. The highest BCUT2D eigenvalue weighted by atomic mass is 15.3. The smallest absolute Gasteiger partial charge is 0.0999 e. The lowest BCUT2D eigenvalue weighted by Crippen LogP contribution is -2.42. The van der Waals surface area contributed by atoms with Crippen LogP contribution in [0.15, 0.2) is 11.6 Å². The van der Waals surface area contributed by atoms with Crippen molar-refractivity contribution in [3.05, 3.63) is 11.6 Å². The quantitative estimate of drug-likeness (QED) is 0.192. The predicted octanol–water partition coefficient (Wildman–Crippen LogP) is 7.61. The van der Waals surface area contributed by atoms with Crippen LogP contribution in [0.25, 0.3) is 0 Å². The zero-order valence-corrected chi connectivity index (χ0v) is 19.3. The molecule has 0 aliphatic heterocycles. The normalized spacial score (nSPS) is 14.2. The van der Waals surface area contributed by atoms with Crippen molar-refractivity contribution in [2.45, 2.75) is 106 Å². The van der Waals surface area contributed by atoms with E-state index in [0.29, 0.717) is 10.8 Å². The highest BCUT2D eigenvalue weighted by Gasteiger charge is 2.21. The van der Waals surface area contributed by atoms with Gasteiger partial charge in [-0.3, -0.25) is 0 Å². The molecule has 0 aromatic heterocycles. The average Bonchev–Trinajstić information content (AvgIpc) is 2.38. The summed E-state index contributed by atoms with van der Waals surface area (Å²) in [5.41, 5.74) is 2.49. The Morgan fingerprint density at radius 2 is 1.36 bits per heavy atom. The molecule has 0 radical (unpaired) electrons. The van der Waals surface area contributed by atoms with Crippen LogP contribution in [0.1, 0.15) is 106 Å². The molecule has 0 aromatic carbocycles. The Morgan fingerprint density at radius 3 is 1.88 bits per heavy atom. The first-order chi connectivity index (χ1) is 11.3. The van der Waals surface area contributed by atoms with Gasteiger partial charge in [0.15, 0.2) is 0 Å². The van der Waals surface area contributed by atoms with Crippen molar-refractivity contribution < 1.29 is 4.48 Å². The van der Waals surface area contributed by atoms with Crippen molar-refractivity contribution >= 4 is 0 Å². The molecule has 150 valence electrons. The van der Waals surface area contributed by atoms with E-state index in [0.717, 1.165) is 4.48 Å². The van der Waals surface area contributed by atoms with E-state index >= 15 is 0 Å². The molecule has 0 aliphatic carbocycles. The number of unbranched alkanes of at least 4 members (excludes halogenated alkanes) is 5. The second-order valence-corrected chi connectivity index (χ2v) is 11.3. The Balaban J connectivity index is 4.55. The maximum atomic E-state index is 2.57. The summed E-state index contributed by atoms with van der Waals surface area (Å²) in [5.74, 6) is 0. The molecule has 0 N–H and O–H groups in total. The van der Waals surface area contributed by atoms with Crippen molar-refractivity contribution in [3.8, 4) is 0 Å². The van der Waals surface area contributed by atoms with Crippen molar-refractivity contribution in [2.24, 2.45) is 10.8 Å². The molecule has 0 atom stereocenters. The summed E-state index contributed by atoms with van der Waals surface area (Å²) in [5, 5.41) is 0. The fourth-order valence-electron chi connectivity index (χ4n) is 3.53. The minimum Gasteiger partial charge on any atom is -0.325 e. The molecule has 0 saturated carbocycles. The Hall–Kier alpha value is -0.300. The van der Waals surface area contributed by atoms with Crippen LogP contribution in [0, 0.1) is 10.8 Å². The SMILES string of the molecule is CCCCCCCC[N+](C)(C)C/C(=C/CCC(C)(C)C)CC(C)(C)C. The lowest BCUT2D eigenvalue weighted by atomic mass is 9.85. The number of nitrogens with zero attached hydrogens (tertiary/aromatic N) is 1. The van der Waals surface area contributed by atoms with Crippen LogP contribution < -0.4 is 0 Å². The van der Waals surface area contributed by atoms with Gasteiger partial charge in [-0.25, -0.2) is 0 Å². The number of quaternary nitrogens is 1. The summed E-state index contributed by atoms with van der Waals surface area (Å²) >= 11 is 0. The highest BCUT2D eigenvalue weighted by Crippen LogP contribution is 2.28. The fourth-order valence-corrected chi connectivity index (χ4v) is 3.53. The minimum atomic E-state index is 0.383. The summed E-state index contributed by atoms with van der Waals surface area (Å²) < 4.78 is 1.14. The second kappa shape index (κ2) is 11.4. The predicted molar refractivity (Wildman–Crippen MR) is 116 cm³/mol. The molecule has 0 heterocycles. The topological polar surface area (TPSA) is 0 Å². The lowest BCUT2D eigenvalue weighted by molar-refractivity contribution is -0.886. The summed E-state index contributed by atoms with van der Waals surface area (Å²) in [4.78, 5) is 0. The van der Waals surface area contributed by atoms with Gasteiger partial charge in [-0.2, -0.15) is 0 Å². The van der Waals surface area contributed by atoms with E-state index in [4.69, 9.17) is 0 Å². The van der Waals surface area contributed by atoms with Gasteiger partial charge in [-0.05, 0) is 48.5 Å². The Labute approximate surface area is 160 Å². The molecular formula is C24H50N+. The molecule has 0 unspecified atom stereocenters. The van der Waals surface area contributed by atoms with Gasteiger partial charge >= 0.3 is 0 Å². The maximum absolute atomic E-state index is 2.57.